The SMILES string of the molecule is C=C1CC2CCCC(c3ccccc3)(O2)C1=C.C=C=C(CC(O)CCCC(=O)c1ccccc1)C[Si](C)(C)C. The van der Waals surface area contributed by atoms with Crippen LogP contribution in [0.4, 0.5) is 0 Å². The van der Waals surface area contributed by atoms with Crippen LogP contribution in [0.1, 0.15) is 67.3 Å². The normalized spacial score (nSPS) is 21.3. The van der Waals surface area contributed by atoms with Gasteiger partial charge in [0, 0.05) is 26.5 Å². The predicted octanol–water partition coefficient (Wildman–Crippen LogP) is 8.81. The molecule has 4 heteroatoms. The monoisotopic (exact) mass is 542 g/mol. The van der Waals surface area contributed by atoms with Crippen LogP contribution < -0.4 is 0 Å². The lowest BCUT2D eigenvalue weighted by molar-refractivity contribution is -0.121. The van der Waals surface area contributed by atoms with E-state index in [1.165, 1.54) is 17.6 Å². The Hall–Kier alpha value is -2.75. The molecular formula is C35H46O3Si. The first-order valence-electron chi connectivity index (χ1n) is 14.3. The maximum Gasteiger partial charge on any atom is 0.162 e. The van der Waals surface area contributed by atoms with Crippen LogP contribution in [0.15, 0.2) is 103 Å². The molecular weight excluding hydrogens is 496 g/mol. The van der Waals surface area contributed by atoms with Gasteiger partial charge in [-0.3, -0.25) is 4.79 Å². The van der Waals surface area contributed by atoms with Gasteiger partial charge in [0.2, 0.25) is 0 Å². The highest BCUT2D eigenvalue weighted by Crippen LogP contribution is 2.50. The molecule has 2 saturated heterocycles. The van der Waals surface area contributed by atoms with Crippen molar-refractivity contribution in [1.82, 2.24) is 0 Å². The van der Waals surface area contributed by atoms with Crippen LogP contribution in [0.5, 0.6) is 0 Å². The van der Waals surface area contributed by atoms with Crippen molar-refractivity contribution in [3.05, 3.63) is 114 Å². The van der Waals surface area contributed by atoms with E-state index in [1.54, 1.807) is 0 Å². The van der Waals surface area contributed by atoms with Crippen LogP contribution in [0.25, 0.3) is 0 Å². The Morgan fingerprint density at radius 2 is 1.74 bits per heavy atom. The molecule has 3 nitrogen and oxygen atoms in total. The third-order valence-corrected chi connectivity index (χ3v) is 9.05. The fourth-order valence-electron chi connectivity index (χ4n) is 5.62. The first-order valence-corrected chi connectivity index (χ1v) is 18.0. The molecule has 2 aliphatic rings. The van der Waals surface area contributed by atoms with Crippen LogP contribution in [-0.4, -0.2) is 31.2 Å². The van der Waals surface area contributed by atoms with Crippen molar-refractivity contribution < 1.29 is 14.6 Å². The average molecular weight is 543 g/mol. The quantitative estimate of drug-likeness (QED) is 0.185. The number of aliphatic hydroxyl groups excluding tert-OH is 1. The molecule has 3 atom stereocenters. The number of carbonyl (C=O) groups excluding carboxylic acids is 1. The summed E-state index contributed by atoms with van der Waals surface area (Å²) in [5, 5.41) is 10.1. The van der Waals surface area contributed by atoms with Gasteiger partial charge in [0.25, 0.3) is 0 Å². The zero-order valence-corrected chi connectivity index (χ0v) is 25.2. The molecule has 208 valence electrons. The largest absolute Gasteiger partial charge is 0.393 e. The molecule has 2 aromatic carbocycles. The molecule has 2 fully saturated rings. The van der Waals surface area contributed by atoms with Gasteiger partial charge in [-0.05, 0) is 66.9 Å². The maximum absolute atomic E-state index is 12.0. The lowest BCUT2D eigenvalue weighted by Gasteiger charge is -2.48. The summed E-state index contributed by atoms with van der Waals surface area (Å²) in [6.45, 7) is 19.1. The summed E-state index contributed by atoms with van der Waals surface area (Å²) in [6.07, 6.45) is 6.77. The van der Waals surface area contributed by atoms with Crippen molar-refractivity contribution in [3.63, 3.8) is 0 Å². The number of hydrogen-bond acceptors (Lipinski definition) is 3. The van der Waals surface area contributed by atoms with Gasteiger partial charge in [0.15, 0.2) is 5.78 Å². The molecule has 3 unspecified atom stereocenters. The topological polar surface area (TPSA) is 46.5 Å². The summed E-state index contributed by atoms with van der Waals surface area (Å²) in [5.74, 6) is 0.148. The summed E-state index contributed by atoms with van der Waals surface area (Å²) >= 11 is 0. The van der Waals surface area contributed by atoms with Crippen LogP contribution in [0.2, 0.25) is 25.7 Å². The van der Waals surface area contributed by atoms with Crippen molar-refractivity contribution in [2.75, 3.05) is 0 Å². The third-order valence-electron chi connectivity index (χ3n) is 7.56. The Bertz CT molecular complexity index is 1170. The molecule has 0 amide bonds. The molecule has 0 radical (unpaired) electrons. The molecule has 0 spiro atoms. The first-order chi connectivity index (χ1) is 18.5. The van der Waals surface area contributed by atoms with E-state index in [0.717, 1.165) is 42.0 Å². The number of aliphatic hydroxyl groups is 1. The number of carbonyl (C=O) groups is 1. The highest BCUT2D eigenvalue weighted by atomic mass is 28.3. The van der Waals surface area contributed by atoms with Gasteiger partial charge in [-0.2, -0.15) is 0 Å². The fourth-order valence-corrected chi connectivity index (χ4v) is 7.17. The molecule has 0 saturated carbocycles. The van der Waals surface area contributed by atoms with E-state index in [9.17, 15) is 9.90 Å². The van der Waals surface area contributed by atoms with Crippen molar-refractivity contribution in [1.29, 1.82) is 0 Å². The standard InChI is InChI=1S/C19H28O2Si.C16H18O/c1-5-16(15-22(2,3)4)14-18(20)12-9-13-19(21)17-10-7-6-8-11-17;1-12-11-15-9-6-10-16(17-15,13(12)2)14-7-4-3-5-8-14/h6-8,10-11,18,20H,1,9,12-15H2,2-4H3;3-5,7-8,15H,1-2,6,9-11H2. The number of benzene rings is 2. The maximum atomic E-state index is 12.0. The van der Waals surface area contributed by atoms with E-state index in [4.69, 9.17) is 4.74 Å². The van der Waals surface area contributed by atoms with E-state index >= 15 is 0 Å². The summed E-state index contributed by atoms with van der Waals surface area (Å²) in [6, 6.07) is 20.8. The molecule has 0 aromatic heterocycles. The summed E-state index contributed by atoms with van der Waals surface area (Å²) in [7, 11) is -1.21. The smallest absolute Gasteiger partial charge is 0.162 e. The summed E-state index contributed by atoms with van der Waals surface area (Å²) < 4.78 is 6.32. The number of hydrogen-bond donors (Lipinski definition) is 1. The lowest BCUT2D eigenvalue weighted by atomic mass is 9.72. The Kier molecular flexibility index (Phi) is 11.1. The molecule has 2 bridgehead atoms. The highest BCUT2D eigenvalue weighted by molar-refractivity contribution is 6.76. The number of rotatable bonds is 10. The van der Waals surface area contributed by atoms with Gasteiger partial charge >= 0.3 is 0 Å². The molecule has 2 aliphatic heterocycles. The van der Waals surface area contributed by atoms with Crippen molar-refractivity contribution in [2.24, 2.45) is 0 Å². The van der Waals surface area contributed by atoms with E-state index in [-0.39, 0.29) is 11.4 Å². The highest BCUT2D eigenvalue weighted by Gasteiger charge is 2.45. The number of ether oxygens (including phenoxy) is 1. The summed E-state index contributed by atoms with van der Waals surface area (Å²) in [4.78, 5) is 12.0. The van der Waals surface area contributed by atoms with Crippen LogP contribution in [0, 0.1) is 0 Å². The second-order valence-corrected chi connectivity index (χ2v) is 17.6. The second-order valence-electron chi connectivity index (χ2n) is 12.2. The molecule has 39 heavy (non-hydrogen) atoms. The summed E-state index contributed by atoms with van der Waals surface area (Å²) in [5.41, 5.74) is 8.06. The Morgan fingerprint density at radius 3 is 2.36 bits per heavy atom. The minimum atomic E-state index is -1.21. The molecule has 2 heterocycles. The van der Waals surface area contributed by atoms with Crippen molar-refractivity contribution >= 4 is 13.9 Å². The van der Waals surface area contributed by atoms with Gasteiger partial charge < -0.3 is 9.84 Å². The van der Waals surface area contributed by atoms with E-state index in [1.807, 2.05) is 36.4 Å². The zero-order valence-electron chi connectivity index (χ0n) is 24.2. The van der Waals surface area contributed by atoms with Gasteiger partial charge in [0.1, 0.15) is 5.60 Å². The van der Waals surface area contributed by atoms with Gasteiger partial charge in [0.05, 0.1) is 12.2 Å². The van der Waals surface area contributed by atoms with Crippen LogP contribution in [-0.2, 0) is 10.3 Å². The van der Waals surface area contributed by atoms with Crippen LogP contribution in [0.3, 0.4) is 0 Å². The Balaban J connectivity index is 0.000000221. The Morgan fingerprint density at radius 1 is 1.10 bits per heavy atom. The average Bonchev–Trinajstić information content (AvgIpc) is 2.92. The van der Waals surface area contributed by atoms with E-state index < -0.39 is 14.2 Å². The van der Waals surface area contributed by atoms with Gasteiger partial charge in [-0.15, -0.1) is 5.73 Å². The molecule has 0 aliphatic carbocycles. The molecule has 4 rings (SSSR count). The van der Waals surface area contributed by atoms with Crippen molar-refractivity contribution in [2.45, 2.75) is 94.9 Å². The number of fused-ring (bicyclic) bond motifs is 2. The Labute approximate surface area is 237 Å². The van der Waals surface area contributed by atoms with E-state index in [2.05, 4.69) is 69.4 Å². The van der Waals surface area contributed by atoms with Gasteiger partial charge in [-0.25, -0.2) is 0 Å². The van der Waals surface area contributed by atoms with Gasteiger partial charge in [-0.1, -0.05) is 100 Å². The minimum absolute atomic E-state index is 0.148. The number of Topliss-reactive ketones (excluding diaryl/α,β-unsaturated/α-hetero) is 1. The van der Waals surface area contributed by atoms with Crippen molar-refractivity contribution in [3.8, 4) is 0 Å². The minimum Gasteiger partial charge on any atom is -0.393 e. The zero-order chi connectivity index (χ0) is 28.5. The fraction of sp³-hybridized carbons (Fsp3) is 0.429. The molecule has 2 aromatic rings. The first kappa shape index (κ1) is 30.8. The van der Waals surface area contributed by atoms with E-state index in [0.29, 0.717) is 31.8 Å². The third kappa shape index (κ3) is 8.88. The number of ketones is 1. The molecule has 1 N–H and O–H groups in total. The lowest BCUT2D eigenvalue weighted by Crippen LogP contribution is -2.44. The van der Waals surface area contributed by atoms with Crippen LogP contribution >= 0.6 is 0 Å². The second kappa shape index (κ2) is 14.0. The predicted molar refractivity (Wildman–Crippen MR) is 166 cm³/mol.